The van der Waals surface area contributed by atoms with Crippen LogP contribution in [0.2, 0.25) is 5.02 Å². The summed E-state index contributed by atoms with van der Waals surface area (Å²) in [7, 11) is 0. The van der Waals surface area contributed by atoms with Crippen LogP contribution in [0.3, 0.4) is 0 Å². The summed E-state index contributed by atoms with van der Waals surface area (Å²) in [5, 5.41) is 0.719. The predicted octanol–water partition coefficient (Wildman–Crippen LogP) is 4.18. The van der Waals surface area contributed by atoms with Crippen molar-refractivity contribution in [3.63, 3.8) is 0 Å². The average molecular weight is 257 g/mol. The van der Waals surface area contributed by atoms with Crippen LogP contribution in [0.25, 0.3) is 11.0 Å². The number of hydrogen-bond donors (Lipinski definition) is 0. The second-order valence-electron chi connectivity index (χ2n) is 4.78. The normalized spacial score (nSPS) is 12.3. The van der Waals surface area contributed by atoms with Gasteiger partial charge < -0.3 is 4.57 Å². The lowest BCUT2D eigenvalue weighted by molar-refractivity contribution is 0.398. The number of hydrogen-bond acceptors (Lipinski definition) is 1. The summed E-state index contributed by atoms with van der Waals surface area (Å²) in [6, 6.07) is 5.74. The topological polar surface area (TPSA) is 17.8 Å². The van der Waals surface area contributed by atoms with Crippen LogP contribution in [0.4, 0.5) is 0 Å². The SMILES string of the molecule is CC(C)(C)n1c(CCl)nc2cccc(Cl)c21. The highest BCUT2D eigenvalue weighted by atomic mass is 35.5. The van der Waals surface area contributed by atoms with E-state index in [9.17, 15) is 0 Å². The molecule has 0 saturated heterocycles. The molecular formula is C12H14Cl2N2. The van der Waals surface area contributed by atoms with Gasteiger partial charge in [0.1, 0.15) is 5.82 Å². The zero-order chi connectivity index (χ0) is 11.9. The van der Waals surface area contributed by atoms with E-state index < -0.39 is 0 Å². The zero-order valence-corrected chi connectivity index (χ0v) is 11.1. The molecule has 0 aliphatic rings. The Balaban J connectivity index is 2.87. The molecule has 0 bridgehead atoms. The lowest BCUT2D eigenvalue weighted by Crippen LogP contribution is -2.23. The average Bonchev–Trinajstić information content (AvgIpc) is 2.57. The van der Waals surface area contributed by atoms with Gasteiger partial charge in [-0.05, 0) is 32.9 Å². The predicted molar refractivity (Wildman–Crippen MR) is 69.3 cm³/mol. The van der Waals surface area contributed by atoms with Crippen LogP contribution in [-0.4, -0.2) is 9.55 Å². The number of nitrogens with zero attached hydrogens (tertiary/aromatic N) is 2. The summed E-state index contributed by atoms with van der Waals surface area (Å²) in [6.07, 6.45) is 0. The van der Waals surface area contributed by atoms with Gasteiger partial charge in [0.2, 0.25) is 0 Å². The first-order valence-corrected chi connectivity index (χ1v) is 6.08. The molecule has 2 rings (SSSR count). The number of para-hydroxylation sites is 1. The van der Waals surface area contributed by atoms with Crippen molar-refractivity contribution in [2.45, 2.75) is 32.2 Å². The maximum Gasteiger partial charge on any atom is 0.125 e. The molecule has 0 unspecified atom stereocenters. The number of aromatic nitrogens is 2. The first-order valence-electron chi connectivity index (χ1n) is 5.17. The first-order chi connectivity index (χ1) is 7.45. The molecule has 16 heavy (non-hydrogen) atoms. The Kier molecular flexibility index (Phi) is 2.89. The molecule has 0 saturated carbocycles. The molecule has 0 amide bonds. The second-order valence-corrected chi connectivity index (χ2v) is 5.45. The number of benzene rings is 1. The minimum Gasteiger partial charge on any atom is -0.320 e. The lowest BCUT2D eigenvalue weighted by Gasteiger charge is -2.24. The maximum absolute atomic E-state index is 6.23. The Morgan fingerprint density at radius 3 is 2.56 bits per heavy atom. The Bertz CT molecular complexity index is 524. The Hall–Kier alpha value is -0.730. The van der Waals surface area contributed by atoms with Crippen LogP contribution in [0, 0.1) is 0 Å². The monoisotopic (exact) mass is 256 g/mol. The van der Waals surface area contributed by atoms with Crippen LogP contribution in [-0.2, 0) is 11.4 Å². The second kappa shape index (κ2) is 3.94. The van der Waals surface area contributed by atoms with Gasteiger partial charge in [-0.1, -0.05) is 17.7 Å². The number of halogens is 2. The van der Waals surface area contributed by atoms with Crippen LogP contribution < -0.4 is 0 Å². The van der Waals surface area contributed by atoms with Crippen molar-refractivity contribution < 1.29 is 0 Å². The first kappa shape index (κ1) is 11.7. The molecule has 0 fully saturated rings. The third-order valence-electron chi connectivity index (χ3n) is 2.49. The van der Waals surface area contributed by atoms with Gasteiger partial charge in [0, 0.05) is 5.54 Å². The van der Waals surface area contributed by atoms with E-state index in [-0.39, 0.29) is 5.54 Å². The van der Waals surface area contributed by atoms with Gasteiger partial charge in [0.25, 0.3) is 0 Å². The van der Waals surface area contributed by atoms with Crippen molar-refractivity contribution in [1.82, 2.24) is 9.55 Å². The quantitative estimate of drug-likeness (QED) is 0.700. The molecule has 0 spiro atoms. The molecule has 1 heterocycles. The molecule has 0 atom stereocenters. The van der Waals surface area contributed by atoms with E-state index >= 15 is 0 Å². The molecule has 2 nitrogen and oxygen atoms in total. The van der Waals surface area contributed by atoms with E-state index in [0.29, 0.717) is 5.88 Å². The van der Waals surface area contributed by atoms with Crippen molar-refractivity contribution >= 4 is 34.2 Å². The van der Waals surface area contributed by atoms with Gasteiger partial charge >= 0.3 is 0 Å². The van der Waals surface area contributed by atoms with E-state index in [1.165, 1.54) is 0 Å². The van der Waals surface area contributed by atoms with Crippen LogP contribution in [0.15, 0.2) is 18.2 Å². The van der Waals surface area contributed by atoms with Crippen molar-refractivity contribution in [3.8, 4) is 0 Å². The summed E-state index contributed by atoms with van der Waals surface area (Å²) in [6.45, 7) is 6.36. The minimum atomic E-state index is -0.0794. The Morgan fingerprint density at radius 1 is 1.31 bits per heavy atom. The van der Waals surface area contributed by atoms with Gasteiger partial charge in [-0.2, -0.15) is 0 Å². The molecule has 4 heteroatoms. The molecule has 86 valence electrons. The van der Waals surface area contributed by atoms with Gasteiger partial charge in [-0.3, -0.25) is 0 Å². The van der Waals surface area contributed by atoms with Crippen LogP contribution in [0.1, 0.15) is 26.6 Å². The van der Waals surface area contributed by atoms with Crippen LogP contribution >= 0.6 is 23.2 Å². The number of imidazole rings is 1. The van der Waals surface area contributed by atoms with E-state index in [2.05, 4.69) is 30.3 Å². The third kappa shape index (κ3) is 1.80. The van der Waals surface area contributed by atoms with E-state index in [1.807, 2.05) is 18.2 Å². The summed E-state index contributed by atoms with van der Waals surface area (Å²) in [4.78, 5) is 4.51. The van der Waals surface area contributed by atoms with Gasteiger partial charge in [-0.15, -0.1) is 11.6 Å². The van der Waals surface area contributed by atoms with Gasteiger partial charge in [0.05, 0.1) is 21.9 Å². The van der Waals surface area contributed by atoms with Gasteiger partial charge in [0.15, 0.2) is 0 Å². The summed E-state index contributed by atoms with van der Waals surface area (Å²) in [5.74, 6) is 1.25. The summed E-state index contributed by atoms with van der Waals surface area (Å²) < 4.78 is 2.11. The fourth-order valence-electron chi connectivity index (χ4n) is 1.95. The van der Waals surface area contributed by atoms with E-state index in [4.69, 9.17) is 23.2 Å². The maximum atomic E-state index is 6.23. The fourth-order valence-corrected chi connectivity index (χ4v) is 2.38. The summed E-state index contributed by atoms with van der Waals surface area (Å²) in [5.41, 5.74) is 1.79. The van der Waals surface area contributed by atoms with Crippen molar-refractivity contribution in [3.05, 3.63) is 29.0 Å². The molecular weight excluding hydrogens is 243 g/mol. The largest absolute Gasteiger partial charge is 0.320 e. The third-order valence-corrected chi connectivity index (χ3v) is 3.03. The van der Waals surface area contributed by atoms with E-state index in [0.717, 1.165) is 21.9 Å². The van der Waals surface area contributed by atoms with E-state index in [1.54, 1.807) is 0 Å². The molecule has 1 aromatic carbocycles. The van der Waals surface area contributed by atoms with Crippen molar-refractivity contribution in [2.75, 3.05) is 0 Å². The highest BCUT2D eigenvalue weighted by molar-refractivity contribution is 6.35. The van der Waals surface area contributed by atoms with Crippen molar-refractivity contribution in [1.29, 1.82) is 0 Å². The Labute approximate surface area is 105 Å². The molecule has 0 N–H and O–H groups in total. The van der Waals surface area contributed by atoms with Crippen LogP contribution in [0.5, 0.6) is 0 Å². The lowest BCUT2D eigenvalue weighted by atomic mass is 10.1. The molecule has 1 aromatic heterocycles. The minimum absolute atomic E-state index is 0.0794. The number of fused-ring (bicyclic) bond motifs is 1. The smallest absolute Gasteiger partial charge is 0.125 e. The van der Waals surface area contributed by atoms with Crippen molar-refractivity contribution in [2.24, 2.45) is 0 Å². The molecule has 0 aliphatic heterocycles. The Morgan fingerprint density at radius 2 is 2.00 bits per heavy atom. The highest BCUT2D eigenvalue weighted by Gasteiger charge is 2.22. The highest BCUT2D eigenvalue weighted by Crippen LogP contribution is 2.30. The fraction of sp³-hybridized carbons (Fsp3) is 0.417. The number of alkyl halides is 1. The zero-order valence-electron chi connectivity index (χ0n) is 9.59. The molecule has 0 aliphatic carbocycles. The standard InChI is InChI=1S/C12H14Cl2N2/c1-12(2,3)16-10(7-13)15-9-6-4-5-8(14)11(9)16/h4-6H,7H2,1-3H3. The number of rotatable bonds is 1. The molecule has 2 aromatic rings. The molecule has 0 radical (unpaired) electrons. The van der Waals surface area contributed by atoms with Gasteiger partial charge in [-0.25, -0.2) is 4.98 Å². The summed E-state index contributed by atoms with van der Waals surface area (Å²) >= 11 is 12.2.